The van der Waals surface area contributed by atoms with Crippen LogP contribution in [-0.2, 0) is 0 Å². The molecule has 0 aliphatic heterocycles. The Hall–Kier alpha value is -1.24. The molecule has 0 fully saturated rings. The second-order valence-electron chi connectivity index (χ2n) is 2.74. The van der Waals surface area contributed by atoms with Gasteiger partial charge in [-0.15, -0.1) is 0 Å². The van der Waals surface area contributed by atoms with E-state index >= 15 is 0 Å². The molecule has 0 aliphatic rings. The van der Waals surface area contributed by atoms with Gasteiger partial charge in [-0.2, -0.15) is 0 Å². The van der Waals surface area contributed by atoms with Gasteiger partial charge >= 0.3 is 0 Å². The number of hydrogen-bond donors (Lipinski definition) is 1. The summed E-state index contributed by atoms with van der Waals surface area (Å²) in [7, 11) is 0. The molecule has 84 valence electrons. The summed E-state index contributed by atoms with van der Waals surface area (Å²) in [6.45, 7) is -1.43. The fourth-order valence-electron chi connectivity index (χ4n) is 1.02. The van der Waals surface area contributed by atoms with Gasteiger partial charge in [0.1, 0.15) is 6.67 Å². The van der Waals surface area contributed by atoms with Crippen LogP contribution in [-0.4, -0.2) is 6.67 Å². The van der Waals surface area contributed by atoms with E-state index in [-0.39, 0.29) is 0 Å². The molecule has 15 heavy (non-hydrogen) atoms. The minimum Gasteiger partial charge on any atom is -0.322 e. The monoisotopic (exact) mass is 229 g/mol. The van der Waals surface area contributed by atoms with Gasteiger partial charge in [0.15, 0.2) is 23.3 Å². The molecule has 0 radical (unpaired) electrons. The fourth-order valence-corrected chi connectivity index (χ4v) is 1.02. The van der Waals surface area contributed by atoms with Crippen molar-refractivity contribution < 1.29 is 26.3 Å². The second kappa shape index (κ2) is 4.09. The van der Waals surface area contributed by atoms with Crippen molar-refractivity contribution in [1.82, 2.24) is 0 Å². The smallest absolute Gasteiger partial charge is 0.200 e. The van der Waals surface area contributed by atoms with Gasteiger partial charge in [-0.05, 0) is 0 Å². The zero-order valence-corrected chi connectivity index (χ0v) is 7.13. The summed E-state index contributed by atoms with van der Waals surface area (Å²) in [5, 5.41) is 0. The molecule has 7 heteroatoms. The second-order valence-corrected chi connectivity index (χ2v) is 2.74. The largest absolute Gasteiger partial charge is 0.322 e. The van der Waals surface area contributed by atoms with Crippen molar-refractivity contribution in [2.45, 2.75) is 6.04 Å². The van der Waals surface area contributed by atoms with E-state index in [1.807, 2.05) is 0 Å². The summed E-state index contributed by atoms with van der Waals surface area (Å²) >= 11 is 0. The number of nitrogens with two attached hydrogens (primary N) is 1. The van der Waals surface area contributed by atoms with Crippen molar-refractivity contribution in [3.63, 3.8) is 0 Å². The molecule has 1 atom stereocenters. The predicted molar refractivity (Wildman–Crippen MR) is 39.1 cm³/mol. The fraction of sp³-hybridized carbons (Fsp3) is 0.250. The highest BCUT2D eigenvalue weighted by Gasteiger charge is 2.28. The van der Waals surface area contributed by atoms with Crippen molar-refractivity contribution in [2.75, 3.05) is 6.67 Å². The van der Waals surface area contributed by atoms with Crippen LogP contribution in [0.1, 0.15) is 11.6 Å². The summed E-state index contributed by atoms with van der Waals surface area (Å²) in [6.07, 6.45) is 0. The third-order valence-corrected chi connectivity index (χ3v) is 1.78. The molecule has 0 spiro atoms. The van der Waals surface area contributed by atoms with E-state index < -0.39 is 47.4 Å². The van der Waals surface area contributed by atoms with E-state index in [1.54, 1.807) is 0 Å². The highest BCUT2D eigenvalue weighted by Crippen LogP contribution is 2.26. The first kappa shape index (κ1) is 11.8. The summed E-state index contributed by atoms with van der Waals surface area (Å²) in [5.41, 5.74) is 3.53. The molecule has 1 rings (SSSR count). The molecular weight excluding hydrogens is 224 g/mol. The molecule has 1 unspecified atom stereocenters. The number of alkyl halides is 1. The van der Waals surface area contributed by atoms with Crippen LogP contribution in [0.4, 0.5) is 26.3 Å². The van der Waals surface area contributed by atoms with Gasteiger partial charge < -0.3 is 5.73 Å². The Bertz CT molecular complexity index is 362. The maximum absolute atomic E-state index is 12.9. The topological polar surface area (TPSA) is 26.0 Å². The number of benzene rings is 1. The Labute approximate surface area is 80.5 Å². The van der Waals surface area contributed by atoms with E-state index in [2.05, 4.69) is 0 Å². The van der Waals surface area contributed by atoms with Crippen LogP contribution in [0.3, 0.4) is 0 Å². The van der Waals surface area contributed by atoms with Gasteiger partial charge in [0.05, 0.1) is 6.04 Å². The molecule has 0 aliphatic carbocycles. The van der Waals surface area contributed by atoms with Crippen molar-refractivity contribution in [3.05, 3.63) is 34.6 Å². The lowest BCUT2D eigenvalue weighted by atomic mass is 10.1. The van der Waals surface area contributed by atoms with E-state index in [4.69, 9.17) is 5.73 Å². The molecule has 1 aromatic rings. The minimum atomic E-state index is -2.29. The number of rotatable bonds is 2. The Morgan fingerprint density at radius 2 is 1.13 bits per heavy atom. The average Bonchev–Trinajstić information content (AvgIpc) is 2.23. The van der Waals surface area contributed by atoms with Crippen molar-refractivity contribution in [2.24, 2.45) is 5.73 Å². The van der Waals surface area contributed by atoms with Crippen molar-refractivity contribution >= 4 is 0 Å². The molecule has 1 nitrogen and oxygen atoms in total. The van der Waals surface area contributed by atoms with Crippen LogP contribution in [0.15, 0.2) is 0 Å². The summed E-state index contributed by atoms with van der Waals surface area (Å²) in [6, 6.07) is -1.88. The average molecular weight is 229 g/mol. The van der Waals surface area contributed by atoms with Gasteiger partial charge in [0, 0.05) is 5.56 Å². The Balaban J connectivity index is 3.52. The molecule has 0 heterocycles. The third-order valence-electron chi connectivity index (χ3n) is 1.78. The zero-order valence-electron chi connectivity index (χ0n) is 7.13. The maximum atomic E-state index is 12.9. The van der Waals surface area contributed by atoms with Gasteiger partial charge in [-0.1, -0.05) is 0 Å². The van der Waals surface area contributed by atoms with Gasteiger partial charge in [0.25, 0.3) is 0 Å². The summed E-state index contributed by atoms with van der Waals surface area (Å²) in [5.74, 6) is -10.8. The van der Waals surface area contributed by atoms with Crippen LogP contribution in [0.25, 0.3) is 0 Å². The summed E-state index contributed by atoms with van der Waals surface area (Å²) < 4.78 is 75.4. The normalized spacial score (nSPS) is 13.0. The first-order chi connectivity index (χ1) is 6.91. The van der Waals surface area contributed by atoms with Gasteiger partial charge in [-0.25, -0.2) is 26.3 Å². The van der Waals surface area contributed by atoms with E-state index in [0.29, 0.717) is 0 Å². The SMILES string of the molecule is NC(CF)c1c(F)c(F)c(F)c(F)c1F. The molecular formula is C8H5F6N. The lowest BCUT2D eigenvalue weighted by Gasteiger charge is -2.11. The molecule has 0 bridgehead atoms. The number of halogens is 6. The molecule has 1 aromatic carbocycles. The first-order valence-electron chi connectivity index (χ1n) is 3.74. The highest BCUT2D eigenvalue weighted by molar-refractivity contribution is 5.26. The summed E-state index contributed by atoms with van der Waals surface area (Å²) in [4.78, 5) is 0. The molecule has 0 saturated heterocycles. The Morgan fingerprint density at radius 1 is 0.800 bits per heavy atom. The lowest BCUT2D eigenvalue weighted by Crippen LogP contribution is -2.19. The maximum Gasteiger partial charge on any atom is 0.200 e. The first-order valence-corrected chi connectivity index (χ1v) is 3.74. The lowest BCUT2D eigenvalue weighted by molar-refractivity contribution is 0.350. The van der Waals surface area contributed by atoms with Crippen LogP contribution < -0.4 is 5.73 Å². The molecule has 2 N–H and O–H groups in total. The minimum absolute atomic E-state index is 1.34. The van der Waals surface area contributed by atoms with Gasteiger partial charge in [-0.3, -0.25) is 0 Å². The van der Waals surface area contributed by atoms with Crippen LogP contribution in [0, 0.1) is 29.1 Å². The van der Waals surface area contributed by atoms with E-state index in [1.165, 1.54) is 0 Å². The number of hydrogen-bond acceptors (Lipinski definition) is 1. The molecule has 0 aromatic heterocycles. The highest BCUT2D eigenvalue weighted by atomic mass is 19.2. The van der Waals surface area contributed by atoms with Gasteiger partial charge in [0.2, 0.25) is 5.82 Å². The zero-order chi connectivity index (χ0) is 11.7. The van der Waals surface area contributed by atoms with E-state index in [9.17, 15) is 26.3 Å². The Kier molecular flexibility index (Phi) is 3.23. The van der Waals surface area contributed by atoms with Crippen molar-refractivity contribution in [1.29, 1.82) is 0 Å². The van der Waals surface area contributed by atoms with Crippen LogP contribution >= 0.6 is 0 Å². The predicted octanol–water partition coefficient (Wildman–Crippen LogP) is 2.35. The quantitative estimate of drug-likeness (QED) is 0.470. The van der Waals surface area contributed by atoms with Crippen LogP contribution in [0.2, 0.25) is 0 Å². The van der Waals surface area contributed by atoms with Crippen molar-refractivity contribution in [3.8, 4) is 0 Å². The molecule has 0 saturated carbocycles. The van der Waals surface area contributed by atoms with Crippen LogP contribution in [0.5, 0.6) is 0 Å². The Morgan fingerprint density at radius 3 is 1.47 bits per heavy atom. The molecule has 0 amide bonds. The third kappa shape index (κ3) is 1.79. The van der Waals surface area contributed by atoms with E-state index in [0.717, 1.165) is 0 Å². The standard InChI is InChI=1S/C8H5F6N/c9-1-2(15)3-4(10)6(12)8(14)7(13)5(3)11/h2H,1,15H2.